The highest BCUT2D eigenvalue weighted by Crippen LogP contribution is 2.45. The molecule has 1 aliphatic carbocycles. The van der Waals surface area contributed by atoms with Gasteiger partial charge in [-0.05, 0) is 46.9 Å². The summed E-state index contributed by atoms with van der Waals surface area (Å²) < 4.78 is 0. The Hall–Kier alpha value is -3.57. The predicted octanol–water partition coefficient (Wildman–Crippen LogP) is 5.22. The van der Waals surface area contributed by atoms with Gasteiger partial charge in [0, 0.05) is 46.3 Å². The fourth-order valence-electron chi connectivity index (χ4n) is 4.88. The molecule has 0 saturated heterocycles. The van der Waals surface area contributed by atoms with Gasteiger partial charge in [0.15, 0.2) is 5.78 Å². The fraction of sp³-hybridized carbons (Fsp3) is 0.120. The van der Waals surface area contributed by atoms with Crippen LogP contribution in [0, 0.1) is 0 Å². The number of aromatic hydroxyl groups is 1. The fourth-order valence-corrected chi connectivity index (χ4v) is 5.13. The van der Waals surface area contributed by atoms with Gasteiger partial charge in [-0.3, -0.25) is 9.59 Å². The first-order chi connectivity index (χ1) is 15.1. The molecule has 1 aromatic heterocycles. The molecule has 2 N–H and O–H groups in total. The molecular formula is C25H17ClN2O3. The molecule has 2 aliphatic rings. The lowest BCUT2D eigenvalue weighted by atomic mass is 9.95. The van der Waals surface area contributed by atoms with Crippen molar-refractivity contribution in [2.75, 3.05) is 17.3 Å². The second kappa shape index (κ2) is 6.46. The van der Waals surface area contributed by atoms with E-state index in [1.165, 1.54) is 0 Å². The van der Waals surface area contributed by atoms with E-state index < -0.39 is 0 Å². The van der Waals surface area contributed by atoms with Crippen LogP contribution >= 0.6 is 11.6 Å². The Labute approximate surface area is 182 Å². The van der Waals surface area contributed by atoms with E-state index in [-0.39, 0.29) is 23.4 Å². The van der Waals surface area contributed by atoms with Gasteiger partial charge in [0.1, 0.15) is 11.4 Å². The van der Waals surface area contributed by atoms with Gasteiger partial charge in [-0.25, -0.2) is 0 Å². The topological polar surface area (TPSA) is 73.4 Å². The number of carbonyl (C=O) groups excluding carboxylic acids is 2. The third-order valence-corrected chi connectivity index (χ3v) is 6.69. The van der Waals surface area contributed by atoms with Crippen LogP contribution in [0.5, 0.6) is 5.75 Å². The van der Waals surface area contributed by atoms with Crippen molar-refractivity contribution < 1.29 is 14.7 Å². The van der Waals surface area contributed by atoms with Gasteiger partial charge in [-0.2, -0.15) is 0 Å². The third kappa shape index (κ3) is 2.50. The number of amides is 1. The maximum atomic E-state index is 13.5. The Morgan fingerprint density at radius 3 is 2.71 bits per heavy atom. The quantitative estimate of drug-likeness (QED) is 0.430. The van der Waals surface area contributed by atoms with E-state index in [0.29, 0.717) is 29.4 Å². The molecular weight excluding hydrogens is 412 g/mol. The van der Waals surface area contributed by atoms with Crippen molar-refractivity contribution >= 4 is 56.7 Å². The van der Waals surface area contributed by atoms with E-state index in [4.69, 9.17) is 11.6 Å². The van der Waals surface area contributed by atoms with E-state index in [0.717, 1.165) is 32.8 Å². The number of aromatic amines is 1. The highest BCUT2D eigenvalue weighted by molar-refractivity contribution is 6.20. The van der Waals surface area contributed by atoms with Gasteiger partial charge in [0.25, 0.3) is 5.91 Å². The molecule has 1 atom stereocenters. The zero-order valence-electron chi connectivity index (χ0n) is 16.4. The Bertz CT molecular complexity index is 1470. The number of nitrogens with zero attached hydrogens (tertiary/aromatic N) is 1. The normalized spacial score (nSPS) is 17.0. The van der Waals surface area contributed by atoms with E-state index >= 15 is 0 Å². The van der Waals surface area contributed by atoms with Crippen LogP contribution < -0.4 is 4.90 Å². The number of phenols is 1. The number of carbonyl (C=O) groups is 2. The molecule has 0 radical (unpaired) electrons. The zero-order valence-corrected chi connectivity index (χ0v) is 17.1. The van der Waals surface area contributed by atoms with Crippen molar-refractivity contribution in [1.82, 2.24) is 4.98 Å². The second-order valence-electron chi connectivity index (χ2n) is 8.01. The van der Waals surface area contributed by atoms with E-state index in [9.17, 15) is 14.7 Å². The first-order valence-corrected chi connectivity index (χ1v) is 10.6. The van der Waals surface area contributed by atoms with Gasteiger partial charge in [0.2, 0.25) is 0 Å². The highest BCUT2D eigenvalue weighted by Gasteiger charge is 2.35. The van der Waals surface area contributed by atoms with Crippen LogP contribution in [0.4, 0.5) is 5.69 Å². The Kier molecular flexibility index (Phi) is 3.80. The van der Waals surface area contributed by atoms with Crippen molar-refractivity contribution in [1.29, 1.82) is 0 Å². The summed E-state index contributed by atoms with van der Waals surface area (Å²) in [5, 5.41) is 13.1. The summed E-state index contributed by atoms with van der Waals surface area (Å²) in [5.74, 6) is 0.271. The molecule has 6 rings (SSSR count). The van der Waals surface area contributed by atoms with Crippen molar-refractivity contribution in [2.24, 2.45) is 0 Å². The number of aromatic nitrogens is 1. The van der Waals surface area contributed by atoms with Crippen LogP contribution in [0.1, 0.15) is 37.9 Å². The molecule has 6 heteroatoms. The number of hydrogen-bond acceptors (Lipinski definition) is 3. The highest BCUT2D eigenvalue weighted by atomic mass is 35.5. The molecule has 0 spiro atoms. The molecule has 31 heavy (non-hydrogen) atoms. The number of rotatable bonds is 2. The van der Waals surface area contributed by atoms with Crippen LogP contribution in [0.15, 0.2) is 54.6 Å². The molecule has 0 saturated carbocycles. The van der Waals surface area contributed by atoms with Crippen LogP contribution in [0.2, 0.25) is 0 Å². The number of fused-ring (bicyclic) bond motifs is 6. The van der Waals surface area contributed by atoms with Gasteiger partial charge in [0.05, 0.1) is 5.69 Å². The summed E-state index contributed by atoms with van der Waals surface area (Å²) in [6.45, 7) is 0.441. The number of alkyl halides is 1. The number of benzene rings is 3. The van der Waals surface area contributed by atoms with Crippen LogP contribution in [-0.2, 0) is 0 Å². The summed E-state index contributed by atoms with van der Waals surface area (Å²) in [6, 6.07) is 14.7. The van der Waals surface area contributed by atoms with Crippen molar-refractivity contribution in [2.45, 2.75) is 5.92 Å². The number of nitrogens with one attached hydrogen (secondary N) is 1. The molecule has 2 heterocycles. The first-order valence-electron chi connectivity index (χ1n) is 10.1. The number of phenolic OH excluding ortho intramolecular Hbond substituents is 1. The smallest absolute Gasteiger partial charge is 0.274 e. The molecule has 1 aliphatic heterocycles. The minimum absolute atomic E-state index is 0.0215. The standard InChI is InChI=1S/C25H17ClN2O3/c26-11-13-12-28(21-10-23(30)15-3-1-2-4-17(15)24(13)21)25(31)20-9-18-14-6-8-22(29)16(14)5-7-19(18)27-20/h1-10,13,27,30H,11-12H2/t13-/m1/s1. The minimum atomic E-state index is -0.193. The maximum absolute atomic E-state index is 13.5. The number of halogens is 1. The number of anilines is 1. The summed E-state index contributed by atoms with van der Waals surface area (Å²) in [6.07, 6.45) is 3.34. The summed E-state index contributed by atoms with van der Waals surface area (Å²) >= 11 is 6.29. The van der Waals surface area contributed by atoms with Crippen molar-refractivity contribution in [3.63, 3.8) is 0 Å². The lowest BCUT2D eigenvalue weighted by molar-refractivity contribution is 0.0983. The van der Waals surface area contributed by atoms with Crippen molar-refractivity contribution in [3.05, 3.63) is 77.0 Å². The molecule has 3 aromatic carbocycles. The van der Waals surface area contributed by atoms with Crippen LogP contribution in [0.25, 0.3) is 27.8 Å². The molecule has 4 aromatic rings. The average molecular weight is 429 g/mol. The van der Waals surface area contributed by atoms with Gasteiger partial charge >= 0.3 is 0 Å². The molecule has 1 amide bonds. The number of H-pyrrole nitrogens is 1. The van der Waals surface area contributed by atoms with Crippen LogP contribution in [0.3, 0.4) is 0 Å². The molecule has 5 nitrogen and oxygen atoms in total. The first kappa shape index (κ1) is 18.2. The maximum Gasteiger partial charge on any atom is 0.274 e. The Morgan fingerprint density at radius 1 is 1.10 bits per heavy atom. The third-order valence-electron chi connectivity index (χ3n) is 6.32. The molecule has 152 valence electrons. The van der Waals surface area contributed by atoms with E-state index in [1.807, 2.05) is 30.3 Å². The zero-order chi connectivity index (χ0) is 21.3. The molecule has 0 fully saturated rings. The number of hydrogen-bond donors (Lipinski definition) is 2. The summed E-state index contributed by atoms with van der Waals surface area (Å²) in [5.41, 5.74) is 4.40. The van der Waals surface area contributed by atoms with Gasteiger partial charge in [-0.1, -0.05) is 24.3 Å². The Balaban J connectivity index is 1.49. The number of allylic oxidation sites excluding steroid dienone is 1. The summed E-state index contributed by atoms with van der Waals surface area (Å²) in [7, 11) is 0. The van der Waals surface area contributed by atoms with E-state index in [1.54, 1.807) is 35.3 Å². The largest absolute Gasteiger partial charge is 0.507 e. The lowest BCUT2D eigenvalue weighted by Crippen LogP contribution is -2.30. The SMILES string of the molecule is O=C1C=Cc2c1ccc1[nH]c(C(=O)N3C[C@@H](CCl)c4c3cc(O)c3ccccc43)cc21. The molecule has 0 unspecified atom stereocenters. The van der Waals surface area contributed by atoms with Crippen LogP contribution in [-0.4, -0.2) is 34.2 Å². The number of ketones is 1. The molecule has 0 bridgehead atoms. The monoisotopic (exact) mass is 428 g/mol. The second-order valence-corrected chi connectivity index (χ2v) is 8.32. The lowest BCUT2D eigenvalue weighted by Gasteiger charge is -2.17. The van der Waals surface area contributed by atoms with E-state index in [2.05, 4.69) is 4.98 Å². The Morgan fingerprint density at radius 2 is 1.90 bits per heavy atom. The predicted molar refractivity (Wildman–Crippen MR) is 122 cm³/mol. The van der Waals surface area contributed by atoms with Crippen molar-refractivity contribution in [3.8, 4) is 5.75 Å². The van der Waals surface area contributed by atoms with Gasteiger partial charge in [-0.15, -0.1) is 11.6 Å². The average Bonchev–Trinajstić information content (AvgIpc) is 3.48. The minimum Gasteiger partial charge on any atom is -0.507 e. The summed E-state index contributed by atoms with van der Waals surface area (Å²) in [4.78, 5) is 30.4. The van der Waals surface area contributed by atoms with Gasteiger partial charge < -0.3 is 15.0 Å².